The van der Waals surface area contributed by atoms with Crippen LogP contribution in [0.4, 0.5) is 0 Å². The highest BCUT2D eigenvalue weighted by Gasteiger charge is 2.44. The van der Waals surface area contributed by atoms with Crippen molar-refractivity contribution in [2.75, 3.05) is 19.8 Å². The zero-order valence-electron chi connectivity index (χ0n) is 7.98. The molecule has 0 radical (unpaired) electrons. The summed E-state index contributed by atoms with van der Waals surface area (Å²) in [6.45, 7) is 1.70. The van der Waals surface area contributed by atoms with Gasteiger partial charge in [-0.3, -0.25) is 0 Å². The molecule has 0 aliphatic carbocycles. The third-order valence-corrected chi connectivity index (χ3v) is 2.32. The summed E-state index contributed by atoms with van der Waals surface area (Å²) in [5.41, 5.74) is 0.746. The van der Waals surface area contributed by atoms with Crippen LogP contribution < -0.4 is 0 Å². The van der Waals surface area contributed by atoms with Crippen LogP contribution in [0.3, 0.4) is 0 Å². The number of ether oxygens (including phenoxy) is 2. The third kappa shape index (κ3) is 2.32. The van der Waals surface area contributed by atoms with Crippen LogP contribution in [0.2, 0.25) is 0 Å². The maximum absolute atomic E-state index is 8.95. The minimum absolute atomic E-state index is 0.0434. The molecule has 3 nitrogen and oxygen atoms in total. The molecule has 0 aromatic heterocycles. The molecule has 0 amide bonds. The molecular formula is C11H14O3. The molecule has 0 spiro atoms. The highest BCUT2D eigenvalue weighted by Crippen LogP contribution is 2.26. The van der Waals surface area contributed by atoms with Crippen molar-refractivity contribution in [3.8, 4) is 0 Å². The first-order valence-corrected chi connectivity index (χ1v) is 4.71. The van der Waals surface area contributed by atoms with E-state index in [1.165, 1.54) is 0 Å². The Morgan fingerprint density at radius 3 is 2.64 bits per heavy atom. The fraction of sp³-hybridized carbons (Fsp3) is 0.455. The number of aliphatic hydroxyl groups is 1. The summed E-state index contributed by atoms with van der Waals surface area (Å²) < 4.78 is 10.6. The van der Waals surface area contributed by atoms with E-state index in [0.29, 0.717) is 19.8 Å². The summed E-state index contributed by atoms with van der Waals surface area (Å²) in [5.74, 6) is 0. The monoisotopic (exact) mass is 194 g/mol. The first-order chi connectivity index (χ1) is 6.85. The van der Waals surface area contributed by atoms with Crippen molar-refractivity contribution in [3.05, 3.63) is 35.9 Å². The van der Waals surface area contributed by atoms with E-state index in [4.69, 9.17) is 14.6 Å². The lowest BCUT2D eigenvalue weighted by Gasteiger charge is -2.08. The molecule has 1 N–H and O–H groups in total. The van der Waals surface area contributed by atoms with Gasteiger partial charge < -0.3 is 14.6 Å². The molecule has 3 heteroatoms. The molecule has 1 aromatic carbocycles. The summed E-state index contributed by atoms with van der Waals surface area (Å²) >= 11 is 0. The van der Waals surface area contributed by atoms with Gasteiger partial charge in [0.1, 0.15) is 5.60 Å². The SMILES string of the molecule is OC[C@]1(COCc2ccccc2)CO1. The molecule has 1 aromatic rings. The van der Waals surface area contributed by atoms with E-state index in [2.05, 4.69) is 0 Å². The molecule has 1 saturated heterocycles. The van der Waals surface area contributed by atoms with E-state index in [1.807, 2.05) is 30.3 Å². The Morgan fingerprint density at radius 2 is 2.07 bits per heavy atom. The molecule has 1 fully saturated rings. The van der Waals surface area contributed by atoms with Crippen molar-refractivity contribution in [2.24, 2.45) is 0 Å². The Bertz CT molecular complexity index is 280. The Hall–Kier alpha value is -0.900. The molecule has 1 aliphatic rings. The van der Waals surface area contributed by atoms with Crippen molar-refractivity contribution in [1.29, 1.82) is 0 Å². The minimum Gasteiger partial charge on any atom is -0.393 e. The van der Waals surface area contributed by atoms with Crippen molar-refractivity contribution in [2.45, 2.75) is 12.2 Å². The summed E-state index contributed by atoms with van der Waals surface area (Å²) in [5, 5.41) is 8.95. The number of epoxide rings is 1. The maximum atomic E-state index is 8.95. The number of rotatable bonds is 5. The highest BCUT2D eigenvalue weighted by atomic mass is 16.6. The molecule has 1 aliphatic heterocycles. The second-order valence-electron chi connectivity index (χ2n) is 3.61. The molecule has 14 heavy (non-hydrogen) atoms. The second-order valence-corrected chi connectivity index (χ2v) is 3.61. The smallest absolute Gasteiger partial charge is 0.138 e. The standard InChI is InChI=1S/C11H14O3/c12-7-11(9-14-11)8-13-6-10-4-2-1-3-5-10/h1-5,12H,6-9H2/t11-/m0/s1. The Morgan fingerprint density at radius 1 is 1.36 bits per heavy atom. The fourth-order valence-corrected chi connectivity index (χ4v) is 1.25. The minimum atomic E-state index is -0.394. The van der Waals surface area contributed by atoms with Crippen LogP contribution in [0.5, 0.6) is 0 Å². The number of hydrogen-bond acceptors (Lipinski definition) is 3. The van der Waals surface area contributed by atoms with Gasteiger partial charge in [-0.15, -0.1) is 0 Å². The first kappa shape index (κ1) is 9.65. The molecule has 76 valence electrons. The molecule has 1 heterocycles. The topological polar surface area (TPSA) is 42.0 Å². The molecule has 0 bridgehead atoms. The number of aliphatic hydroxyl groups excluding tert-OH is 1. The first-order valence-electron chi connectivity index (χ1n) is 4.71. The predicted molar refractivity (Wildman–Crippen MR) is 51.9 cm³/mol. The van der Waals surface area contributed by atoms with Crippen LogP contribution in [0.25, 0.3) is 0 Å². The Balaban J connectivity index is 1.73. The zero-order valence-corrected chi connectivity index (χ0v) is 7.98. The molecule has 0 saturated carbocycles. The van der Waals surface area contributed by atoms with Gasteiger partial charge in [0.05, 0.1) is 26.4 Å². The predicted octanol–water partition coefficient (Wildman–Crippen LogP) is 0.964. The van der Waals surface area contributed by atoms with E-state index in [1.54, 1.807) is 0 Å². The van der Waals surface area contributed by atoms with Crippen LogP contribution in [0.1, 0.15) is 5.56 Å². The molecule has 2 rings (SSSR count). The number of benzene rings is 1. The average Bonchev–Trinajstić information content (AvgIpc) is 3.00. The van der Waals surface area contributed by atoms with Crippen LogP contribution in [-0.2, 0) is 16.1 Å². The van der Waals surface area contributed by atoms with Gasteiger partial charge in [0.15, 0.2) is 0 Å². The van der Waals surface area contributed by atoms with Gasteiger partial charge in [-0.05, 0) is 5.56 Å². The summed E-state index contributed by atoms with van der Waals surface area (Å²) in [4.78, 5) is 0. The van der Waals surface area contributed by atoms with Crippen molar-refractivity contribution >= 4 is 0 Å². The largest absolute Gasteiger partial charge is 0.393 e. The summed E-state index contributed by atoms with van der Waals surface area (Å²) in [7, 11) is 0. The van der Waals surface area contributed by atoms with Crippen LogP contribution in [-0.4, -0.2) is 30.5 Å². The third-order valence-electron chi connectivity index (χ3n) is 2.32. The van der Waals surface area contributed by atoms with E-state index >= 15 is 0 Å². The van der Waals surface area contributed by atoms with E-state index in [0.717, 1.165) is 5.56 Å². The van der Waals surface area contributed by atoms with E-state index in [9.17, 15) is 0 Å². The van der Waals surface area contributed by atoms with Gasteiger partial charge in [0, 0.05) is 0 Å². The van der Waals surface area contributed by atoms with Crippen LogP contribution >= 0.6 is 0 Å². The maximum Gasteiger partial charge on any atom is 0.138 e. The van der Waals surface area contributed by atoms with Gasteiger partial charge >= 0.3 is 0 Å². The summed E-state index contributed by atoms with van der Waals surface area (Å²) in [6, 6.07) is 9.96. The fourth-order valence-electron chi connectivity index (χ4n) is 1.25. The quantitative estimate of drug-likeness (QED) is 0.710. The van der Waals surface area contributed by atoms with Gasteiger partial charge in [0.2, 0.25) is 0 Å². The van der Waals surface area contributed by atoms with Gasteiger partial charge in [-0.25, -0.2) is 0 Å². The van der Waals surface area contributed by atoms with Gasteiger partial charge in [-0.1, -0.05) is 30.3 Å². The van der Waals surface area contributed by atoms with Gasteiger partial charge in [-0.2, -0.15) is 0 Å². The van der Waals surface area contributed by atoms with Crippen LogP contribution in [0, 0.1) is 0 Å². The van der Waals surface area contributed by atoms with E-state index in [-0.39, 0.29) is 6.61 Å². The molecular weight excluding hydrogens is 180 g/mol. The molecule has 1 atom stereocenters. The lowest BCUT2D eigenvalue weighted by atomic mass is 10.2. The lowest BCUT2D eigenvalue weighted by molar-refractivity contribution is 0.0412. The summed E-state index contributed by atoms with van der Waals surface area (Å²) in [6.07, 6.45) is 0. The normalized spacial score (nSPS) is 24.9. The lowest BCUT2D eigenvalue weighted by Crippen LogP contribution is -2.23. The van der Waals surface area contributed by atoms with Crippen molar-refractivity contribution in [1.82, 2.24) is 0 Å². The van der Waals surface area contributed by atoms with Crippen LogP contribution in [0.15, 0.2) is 30.3 Å². The Labute approximate surface area is 83.3 Å². The Kier molecular flexibility index (Phi) is 2.82. The van der Waals surface area contributed by atoms with Crippen molar-refractivity contribution in [3.63, 3.8) is 0 Å². The van der Waals surface area contributed by atoms with Crippen molar-refractivity contribution < 1.29 is 14.6 Å². The average molecular weight is 194 g/mol. The number of hydrogen-bond donors (Lipinski definition) is 1. The highest BCUT2D eigenvalue weighted by molar-refractivity contribution is 5.13. The van der Waals surface area contributed by atoms with E-state index < -0.39 is 5.60 Å². The van der Waals surface area contributed by atoms with Gasteiger partial charge in [0.25, 0.3) is 0 Å². The molecule has 0 unspecified atom stereocenters. The zero-order chi connectivity index (χ0) is 9.86. The second kappa shape index (κ2) is 4.09.